The SMILES string of the molecule is CC1CCN([C@@H](C)C(=O)Nc2ccccc2[N+](=O)[O-])CC1. The van der Waals surface area contributed by atoms with E-state index in [0.717, 1.165) is 25.9 Å². The van der Waals surface area contributed by atoms with Crippen LogP contribution >= 0.6 is 0 Å². The first-order valence-electron chi connectivity index (χ1n) is 7.27. The Labute approximate surface area is 124 Å². The molecule has 6 heteroatoms. The highest BCUT2D eigenvalue weighted by Gasteiger charge is 2.26. The Balaban J connectivity index is 2.03. The van der Waals surface area contributed by atoms with E-state index in [9.17, 15) is 14.9 Å². The highest BCUT2D eigenvalue weighted by Crippen LogP contribution is 2.24. The highest BCUT2D eigenvalue weighted by atomic mass is 16.6. The number of piperidine rings is 1. The first kappa shape index (κ1) is 15.4. The van der Waals surface area contributed by atoms with Crippen LogP contribution in [0.1, 0.15) is 26.7 Å². The van der Waals surface area contributed by atoms with Crippen LogP contribution in [0.2, 0.25) is 0 Å². The second-order valence-electron chi connectivity index (χ2n) is 5.66. The van der Waals surface area contributed by atoms with Crippen LogP contribution in [0.3, 0.4) is 0 Å². The molecule has 0 aliphatic carbocycles. The molecule has 1 saturated heterocycles. The summed E-state index contributed by atoms with van der Waals surface area (Å²) in [5, 5.41) is 13.6. The third kappa shape index (κ3) is 3.78. The molecule has 1 aromatic rings. The van der Waals surface area contributed by atoms with E-state index in [2.05, 4.69) is 17.1 Å². The number of amides is 1. The molecule has 0 radical (unpaired) electrons. The van der Waals surface area contributed by atoms with Crippen LogP contribution in [0.15, 0.2) is 24.3 Å². The Morgan fingerprint density at radius 1 is 1.38 bits per heavy atom. The van der Waals surface area contributed by atoms with Crippen molar-refractivity contribution in [2.45, 2.75) is 32.7 Å². The van der Waals surface area contributed by atoms with Crippen LogP contribution in [0.4, 0.5) is 11.4 Å². The lowest BCUT2D eigenvalue weighted by molar-refractivity contribution is -0.383. The van der Waals surface area contributed by atoms with Gasteiger partial charge in [0, 0.05) is 6.07 Å². The minimum atomic E-state index is -0.483. The summed E-state index contributed by atoms with van der Waals surface area (Å²) >= 11 is 0. The lowest BCUT2D eigenvalue weighted by Gasteiger charge is -2.34. The number of hydrogen-bond donors (Lipinski definition) is 1. The maximum atomic E-state index is 12.3. The van der Waals surface area contributed by atoms with Crippen molar-refractivity contribution in [2.75, 3.05) is 18.4 Å². The van der Waals surface area contributed by atoms with E-state index in [1.807, 2.05) is 6.92 Å². The van der Waals surface area contributed by atoms with Crippen molar-refractivity contribution in [1.82, 2.24) is 4.90 Å². The molecule has 0 aromatic heterocycles. The normalized spacial score (nSPS) is 18.2. The second-order valence-corrected chi connectivity index (χ2v) is 5.66. The van der Waals surface area contributed by atoms with Gasteiger partial charge in [-0.3, -0.25) is 19.8 Å². The smallest absolute Gasteiger partial charge is 0.292 e. The van der Waals surface area contributed by atoms with Crippen molar-refractivity contribution in [1.29, 1.82) is 0 Å². The van der Waals surface area contributed by atoms with Gasteiger partial charge in [0.25, 0.3) is 5.69 Å². The van der Waals surface area contributed by atoms with Crippen molar-refractivity contribution in [3.8, 4) is 0 Å². The van der Waals surface area contributed by atoms with E-state index in [4.69, 9.17) is 0 Å². The number of hydrogen-bond acceptors (Lipinski definition) is 4. The van der Waals surface area contributed by atoms with Gasteiger partial charge in [0.15, 0.2) is 0 Å². The molecule has 1 aromatic carbocycles. The van der Waals surface area contributed by atoms with E-state index in [1.165, 1.54) is 6.07 Å². The molecule has 1 N–H and O–H groups in total. The van der Waals surface area contributed by atoms with Crippen molar-refractivity contribution >= 4 is 17.3 Å². The summed E-state index contributed by atoms with van der Waals surface area (Å²) in [6.07, 6.45) is 2.17. The number of nitrogens with zero attached hydrogens (tertiary/aromatic N) is 2. The molecule has 114 valence electrons. The van der Waals surface area contributed by atoms with Crippen molar-refractivity contribution in [3.63, 3.8) is 0 Å². The Morgan fingerprint density at radius 3 is 2.62 bits per heavy atom. The van der Waals surface area contributed by atoms with Gasteiger partial charge in [-0.05, 0) is 44.8 Å². The molecule has 1 heterocycles. The summed E-state index contributed by atoms with van der Waals surface area (Å²) in [5.41, 5.74) is 0.176. The van der Waals surface area contributed by atoms with Gasteiger partial charge in [0.2, 0.25) is 5.91 Å². The molecule has 0 bridgehead atoms. The van der Waals surface area contributed by atoms with Crippen LogP contribution in [-0.2, 0) is 4.79 Å². The van der Waals surface area contributed by atoms with E-state index in [0.29, 0.717) is 5.92 Å². The predicted molar refractivity (Wildman–Crippen MR) is 81.2 cm³/mol. The fourth-order valence-electron chi connectivity index (χ4n) is 2.56. The fourth-order valence-corrected chi connectivity index (χ4v) is 2.56. The van der Waals surface area contributed by atoms with Gasteiger partial charge in [-0.25, -0.2) is 0 Å². The fraction of sp³-hybridized carbons (Fsp3) is 0.533. The lowest BCUT2D eigenvalue weighted by atomic mass is 9.98. The number of carbonyl (C=O) groups excluding carboxylic acids is 1. The lowest BCUT2D eigenvalue weighted by Crippen LogP contribution is -2.45. The molecule has 21 heavy (non-hydrogen) atoms. The van der Waals surface area contributed by atoms with Crippen LogP contribution in [0, 0.1) is 16.0 Å². The van der Waals surface area contributed by atoms with E-state index >= 15 is 0 Å². The molecule has 1 fully saturated rings. The number of likely N-dealkylation sites (tertiary alicyclic amines) is 1. The molecular formula is C15H21N3O3. The zero-order valence-corrected chi connectivity index (χ0v) is 12.4. The standard InChI is InChI=1S/C15H21N3O3/c1-11-7-9-17(10-8-11)12(2)15(19)16-13-5-3-4-6-14(13)18(20)21/h3-6,11-12H,7-10H2,1-2H3,(H,16,19)/t12-/m0/s1. The summed E-state index contributed by atoms with van der Waals surface area (Å²) in [5.74, 6) is 0.505. The topological polar surface area (TPSA) is 75.5 Å². The zero-order chi connectivity index (χ0) is 15.4. The number of rotatable bonds is 4. The summed E-state index contributed by atoms with van der Waals surface area (Å²) in [7, 11) is 0. The maximum absolute atomic E-state index is 12.3. The minimum Gasteiger partial charge on any atom is -0.319 e. The number of nitrogens with one attached hydrogen (secondary N) is 1. The second kappa shape index (κ2) is 6.67. The summed E-state index contributed by atoms with van der Waals surface area (Å²) in [4.78, 5) is 24.9. The van der Waals surface area contributed by atoms with Crippen molar-refractivity contribution in [2.24, 2.45) is 5.92 Å². The Kier molecular flexibility index (Phi) is 4.90. The van der Waals surface area contributed by atoms with Gasteiger partial charge < -0.3 is 5.32 Å². The molecule has 0 saturated carbocycles. The zero-order valence-electron chi connectivity index (χ0n) is 12.4. The van der Waals surface area contributed by atoms with Gasteiger partial charge in [-0.2, -0.15) is 0 Å². The Bertz CT molecular complexity index is 525. The number of anilines is 1. The van der Waals surface area contributed by atoms with Gasteiger partial charge >= 0.3 is 0 Å². The molecule has 1 amide bonds. The van der Waals surface area contributed by atoms with Gasteiger partial charge in [0.1, 0.15) is 5.69 Å². The monoisotopic (exact) mass is 291 g/mol. The number of benzene rings is 1. The van der Waals surface area contributed by atoms with Crippen LogP contribution in [-0.4, -0.2) is 34.9 Å². The largest absolute Gasteiger partial charge is 0.319 e. The third-order valence-electron chi connectivity index (χ3n) is 4.10. The predicted octanol–water partition coefficient (Wildman–Crippen LogP) is 2.65. The molecular weight excluding hydrogens is 270 g/mol. The highest BCUT2D eigenvalue weighted by molar-refractivity contribution is 5.96. The number of para-hydroxylation sites is 2. The minimum absolute atomic E-state index is 0.0784. The molecule has 1 aliphatic rings. The summed E-state index contributed by atoms with van der Waals surface area (Å²) in [6, 6.07) is 5.93. The average molecular weight is 291 g/mol. The number of nitro benzene ring substituents is 1. The number of nitro groups is 1. The van der Waals surface area contributed by atoms with E-state index in [1.54, 1.807) is 18.2 Å². The Morgan fingerprint density at radius 2 is 2.00 bits per heavy atom. The molecule has 1 atom stereocenters. The van der Waals surface area contributed by atoms with Crippen LogP contribution in [0.5, 0.6) is 0 Å². The third-order valence-corrected chi connectivity index (χ3v) is 4.10. The molecule has 0 unspecified atom stereocenters. The van der Waals surface area contributed by atoms with Crippen molar-refractivity contribution < 1.29 is 9.72 Å². The Hall–Kier alpha value is -1.95. The first-order valence-corrected chi connectivity index (χ1v) is 7.27. The van der Waals surface area contributed by atoms with Gasteiger partial charge in [0.05, 0.1) is 11.0 Å². The molecule has 2 rings (SSSR count). The molecule has 1 aliphatic heterocycles. The maximum Gasteiger partial charge on any atom is 0.292 e. The average Bonchev–Trinajstić information content (AvgIpc) is 2.47. The molecule has 6 nitrogen and oxygen atoms in total. The van der Waals surface area contributed by atoms with Crippen molar-refractivity contribution in [3.05, 3.63) is 34.4 Å². The number of carbonyl (C=O) groups is 1. The molecule has 0 spiro atoms. The van der Waals surface area contributed by atoms with E-state index < -0.39 is 4.92 Å². The van der Waals surface area contributed by atoms with Gasteiger partial charge in [-0.1, -0.05) is 19.1 Å². The quantitative estimate of drug-likeness (QED) is 0.683. The van der Waals surface area contributed by atoms with Crippen LogP contribution < -0.4 is 5.32 Å². The van der Waals surface area contributed by atoms with Gasteiger partial charge in [-0.15, -0.1) is 0 Å². The summed E-state index contributed by atoms with van der Waals surface area (Å²) < 4.78 is 0. The van der Waals surface area contributed by atoms with E-state index in [-0.39, 0.29) is 23.3 Å². The summed E-state index contributed by atoms with van der Waals surface area (Å²) in [6.45, 7) is 5.86. The van der Waals surface area contributed by atoms with Crippen LogP contribution in [0.25, 0.3) is 0 Å². The first-order chi connectivity index (χ1) is 9.99.